The molecular formula is C46H68NO5+. The lowest BCUT2D eigenvalue weighted by molar-refractivity contribution is -0.956. The van der Waals surface area contributed by atoms with E-state index >= 15 is 0 Å². The molecule has 3 unspecified atom stereocenters. The zero-order chi connectivity index (χ0) is 36.1. The summed E-state index contributed by atoms with van der Waals surface area (Å²) in [5, 5.41) is 0. The lowest BCUT2D eigenvalue weighted by atomic mass is 9.82. The summed E-state index contributed by atoms with van der Waals surface area (Å²) in [4.78, 5) is 28.4. The van der Waals surface area contributed by atoms with Crippen LogP contribution in [0, 0.1) is 5.92 Å². The van der Waals surface area contributed by atoms with Crippen molar-refractivity contribution >= 4 is 11.9 Å². The molecule has 6 rings (SSSR count). The minimum absolute atomic E-state index is 0.0558. The largest absolute Gasteiger partial charge is 0.459 e. The van der Waals surface area contributed by atoms with Crippen molar-refractivity contribution in [3.63, 3.8) is 0 Å². The molecule has 3 heterocycles. The molecule has 1 spiro atoms. The van der Waals surface area contributed by atoms with Crippen LogP contribution in [0.4, 0.5) is 0 Å². The highest BCUT2D eigenvalue weighted by molar-refractivity contribution is 5.86. The van der Waals surface area contributed by atoms with Gasteiger partial charge in [-0.15, -0.1) is 0 Å². The number of unbranched alkanes of at least 4 members (excludes halogenated alkanes) is 12. The molecule has 0 aromatic heterocycles. The number of quaternary nitrogens is 1. The van der Waals surface area contributed by atoms with Gasteiger partial charge in [0.15, 0.2) is 0 Å². The quantitative estimate of drug-likeness (QED) is 0.0526. The van der Waals surface area contributed by atoms with Crippen molar-refractivity contribution in [3.05, 3.63) is 71.8 Å². The smallest absolute Gasteiger partial charge is 0.348 e. The number of benzene rings is 2. The van der Waals surface area contributed by atoms with E-state index in [0.717, 1.165) is 51.4 Å². The van der Waals surface area contributed by atoms with Gasteiger partial charge in [-0.2, -0.15) is 0 Å². The third-order valence-corrected chi connectivity index (χ3v) is 13.2. The number of ether oxygens (including phenoxy) is 3. The maximum Gasteiger partial charge on any atom is 0.348 e. The summed E-state index contributed by atoms with van der Waals surface area (Å²) in [7, 11) is 0. The first kappa shape index (κ1) is 39.0. The van der Waals surface area contributed by atoms with Crippen LogP contribution in [0.2, 0.25) is 0 Å². The van der Waals surface area contributed by atoms with Gasteiger partial charge in [-0.1, -0.05) is 151 Å². The van der Waals surface area contributed by atoms with Crippen LogP contribution in [0.1, 0.15) is 166 Å². The third-order valence-electron chi connectivity index (χ3n) is 13.2. The van der Waals surface area contributed by atoms with Gasteiger partial charge < -0.3 is 18.7 Å². The molecule has 4 aliphatic rings. The van der Waals surface area contributed by atoms with Gasteiger partial charge in [0.05, 0.1) is 25.2 Å². The molecule has 2 bridgehead atoms. The molecule has 3 aliphatic heterocycles. The van der Waals surface area contributed by atoms with Gasteiger partial charge in [0.25, 0.3) is 0 Å². The average molecular weight is 715 g/mol. The van der Waals surface area contributed by atoms with Crippen LogP contribution in [-0.2, 0) is 29.4 Å². The number of carbonyl (C=O) groups is 2. The molecule has 2 aromatic carbocycles. The van der Waals surface area contributed by atoms with E-state index in [1.807, 2.05) is 60.7 Å². The third kappa shape index (κ3) is 9.50. The zero-order valence-corrected chi connectivity index (χ0v) is 32.3. The Bertz CT molecular complexity index is 1300. The van der Waals surface area contributed by atoms with E-state index in [1.165, 1.54) is 107 Å². The minimum Gasteiger partial charge on any atom is -0.459 e. The minimum atomic E-state index is -1.55. The summed E-state index contributed by atoms with van der Waals surface area (Å²) >= 11 is 0. The Labute approximate surface area is 315 Å². The van der Waals surface area contributed by atoms with Gasteiger partial charge >= 0.3 is 11.9 Å². The van der Waals surface area contributed by atoms with E-state index < -0.39 is 11.9 Å². The van der Waals surface area contributed by atoms with Crippen molar-refractivity contribution in [2.75, 3.05) is 13.1 Å². The van der Waals surface area contributed by atoms with Crippen LogP contribution in [0.25, 0.3) is 0 Å². The lowest BCUT2D eigenvalue weighted by Gasteiger charge is -2.47. The summed E-state index contributed by atoms with van der Waals surface area (Å²) < 4.78 is 21.2. The van der Waals surface area contributed by atoms with Crippen molar-refractivity contribution in [1.82, 2.24) is 0 Å². The lowest BCUT2D eigenvalue weighted by Crippen LogP contribution is -2.60. The van der Waals surface area contributed by atoms with Crippen LogP contribution in [0.5, 0.6) is 0 Å². The predicted molar refractivity (Wildman–Crippen MR) is 207 cm³/mol. The van der Waals surface area contributed by atoms with Crippen molar-refractivity contribution in [2.24, 2.45) is 5.92 Å². The van der Waals surface area contributed by atoms with Gasteiger partial charge in [-0.3, -0.25) is 4.79 Å². The second-order valence-electron chi connectivity index (χ2n) is 16.7. The number of hydrogen-bond acceptors (Lipinski definition) is 5. The Morgan fingerprint density at radius 2 is 1.17 bits per heavy atom. The number of nitrogens with zero attached hydrogens (tertiary/aromatic N) is 1. The summed E-state index contributed by atoms with van der Waals surface area (Å²) in [6.45, 7) is 4.84. The first-order chi connectivity index (χ1) is 25.5. The fraction of sp³-hybridized carbons (Fsp3) is 0.696. The summed E-state index contributed by atoms with van der Waals surface area (Å²) in [5.41, 5.74) is -0.121. The van der Waals surface area contributed by atoms with E-state index in [-0.39, 0.29) is 24.0 Å². The second-order valence-corrected chi connectivity index (χ2v) is 16.7. The number of esters is 2. The van der Waals surface area contributed by atoms with Crippen LogP contribution in [-0.4, -0.2) is 54.0 Å². The first-order valence-electron chi connectivity index (χ1n) is 21.6. The average Bonchev–Trinajstić information content (AvgIpc) is 3.68. The van der Waals surface area contributed by atoms with Gasteiger partial charge in [0.2, 0.25) is 11.9 Å². The van der Waals surface area contributed by atoms with Gasteiger partial charge in [0.1, 0.15) is 6.10 Å². The fourth-order valence-corrected chi connectivity index (χ4v) is 10.1. The molecule has 52 heavy (non-hydrogen) atoms. The molecular weight excluding hydrogens is 647 g/mol. The topological polar surface area (TPSA) is 61.8 Å². The van der Waals surface area contributed by atoms with Crippen molar-refractivity contribution < 1.29 is 28.3 Å². The van der Waals surface area contributed by atoms with E-state index in [2.05, 4.69) is 6.92 Å². The molecule has 1 aliphatic carbocycles. The Morgan fingerprint density at radius 1 is 0.673 bits per heavy atom. The molecule has 2 aromatic rings. The molecule has 3 saturated heterocycles. The highest BCUT2D eigenvalue weighted by Crippen LogP contribution is 2.48. The molecule has 286 valence electrons. The van der Waals surface area contributed by atoms with E-state index in [0.29, 0.717) is 29.6 Å². The maximum atomic E-state index is 14.9. The van der Waals surface area contributed by atoms with Crippen molar-refractivity contribution in [3.8, 4) is 0 Å². The monoisotopic (exact) mass is 715 g/mol. The van der Waals surface area contributed by atoms with Crippen LogP contribution < -0.4 is 0 Å². The molecule has 4 fully saturated rings. The van der Waals surface area contributed by atoms with Crippen LogP contribution >= 0.6 is 0 Å². The molecule has 0 amide bonds. The summed E-state index contributed by atoms with van der Waals surface area (Å²) in [6, 6.07) is 20.7. The van der Waals surface area contributed by atoms with Gasteiger partial charge in [0, 0.05) is 50.9 Å². The Balaban J connectivity index is 1.08. The fourth-order valence-electron chi connectivity index (χ4n) is 10.1. The SMILES string of the molecule is CCCCCCCCCCCCCCCC(=O)OC(OC(C(=O)OC1CC2CCC(C1)[N+]21CCCC1)(c1ccccc1)c1ccccc1)C1CCC1. The van der Waals surface area contributed by atoms with E-state index in [4.69, 9.17) is 14.2 Å². The zero-order valence-electron chi connectivity index (χ0n) is 32.3. The van der Waals surface area contributed by atoms with Crippen molar-refractivity contribution in [2.45, 2.75) is 185 Å². The maximum absolute atomic E-state index is 14.9. The number of carbonyl (C=O) groups excluding carboxylic acids is 2. The first-order valence-corrected chi connectivity index (χ1v) is 21.6. The van der Waals surface area contributed by atoms with Crippen LogP contribution in [0.15, 0.2) is 60.7 Å². The van der Waals surface area contributed by atoms with E-state index in [1.54, 1.807) is 0 Å². The number of hydrogen-bond donors (Lipinski definition) is 0. The molecule has 0 radical (unpaired) electrons. The van der Waals surface area contributed by atoms with Gasteiger partial charge in [-0.05, 0) is 30.4 Å². The molecule has 6 heteroatoms. The number of piperidine rings is 1. The highest BCUT2D eigenvalue weighted by Gasteiger charge is 2.57. The number of rotatable bonds is 22. The van der Waals surface area contributed by atoms with Crippen LogP contribution in [0.3, 0.4) is 0 Å². The molecule has 1 saturated carbocycles. The summed E-state index contributed by atoms with van der Waals surface area (Å²) in [6.07, 6.45) is 25.7. The summed E-state index contributed by atoms with van der Waals surface area (Å²) in [5.74, 6) is -0.562. The predicted octanol–water partition coefficient (Wildman–Crippen LogP) is 10.9. The normalized spacial score (nSPS) is 23.0. The van der Waals surface area contributed by atoms with Gasteiger partial charge in [-0.25, -0.2) is 4.79 Å². The Kier molecular flexibility index (Phi) is 14.7. The standard InChI is InChI=1S/C46H68NO5/c1-2-3-4-5-6-7-8-9-10-11-12-13-20-30-43(48)51-44(37-24-23-25-37)52-46(38-26-16-14-17-27-38,39-28-18-15-19-29-39)45(49)50-42-35-40-31-32-41(36-42)47(40)33-21-22-34-47/h14-19,26-29,37,40-42,44H,2-13,20-25,30-36H2,1H3/q+1. The molecule has 0 N–H and O–H groups in total. The molecule has 3 atom stereocenters. The highest BCUT2D eigenvalue weighted by atomic mass is 16.7. The van der Waals surface area contributed by atoms with Crippen molar-refractivity contribution in [1.29, 1.82) is 0 Å². The Morgan fingerprint density at radius 3 is 1.65 bits per heavy atom. The van der Waals surface area contributed by atoms with E-state index in [9.17, 15) is 9.59 Å². The second kappa shape index (κ2) is 19.6. The molecule has 6 nitrogen and oxygen atoms in total. The Hall–Kier alpha value is -2.70.